The maximum absolute atomic E-state index is 13.1. The van der Waals surface area contributed by atoms with Gasteiger partial charge in [0, 0.05) is 30.9 Å². The van der Waals surface area contributed by atoms with Crippen molar-refractivity contribution in [3.8, 4) is 0 Å². The Morgan fingerprint density at radius 1 is 1.17 bits per heavy atom. The number of hydrogen-bond acceptors (Lipinski definition) is 5. The number of hydrogen-bond donors (Lipinski definition) is 1. The first-order chi connectivity index (χ1) is 11.6. The molecule has 126 valence electrons. The molecular formula is C16H16F2N4OS. The zero-order valence-electron chi connectivity index (χ0n) is 12.8. The molecule has 0 bridgehead atoms. The quantitative estimate of drug-likeness (QED) is 0.663. The SMILES string of the molecule is O=C(CSc1cc(N2CCCC2)ncn1)Nc1ccc(F)c(F)c1. The van der Waals surface area contributed by atoms with Gasteiger partial charge in [0.1, 0.15) is 17.2 Å². The van der Waals surface area contributed by atoms with Gasteiger partial charge in [0.05, 0.1) is 5.75 Å². The van der Waals surface area contributed by atoms with Crippen LogP contribution in [-0.4, -0.2) is 34.7 Å². The second-order valence-corrected chi connectivity index (χ2v) is 6.37. The summed E-state index contributed by atoms with van der Waals surface area (Å²) in [6.45, 7) is 1.97. The van der Waals surface area contributed by atoms with Crippen LogP contribution < -0.4 is 10.2 Å². The van der Waals surface area contributed by atoms with E-state index in [-0.39, 0.29) is 17.3 Å². The van der Waals surface area contributed by atoms with Gasteiger partial charge in [-0.05, 0) is 25.0 Å². The predicted molar refractivity (Wildman–Crippen MR) is 89.2 cm³/mol. The van der Waals surface area contributed by atoms with E-state index in [0.29, 0.717) is 5.03 Å². The van der Waals surface area contributed by atoms with Gasteiger partial charge in [0.15, 0.2) is 11.6 Å². The molecule has 8 heteroatoms. The summed E-state index contributed by atoms with van der Waals surface area (Å²) >= 11 is 1.27. The van der Waals surface area contributed by atoms with Crippen LogP contribution in [0.15, 0.2) is 35.6 Å². The Hall–Kier alpha value is -2.22. The average molecular weight is 350 g/mol. The summed E-state index contributed by atoms with van der Waals surface area (Å²) in [5, 5.41) is 3.23. The molecule has 2 heterocycles. The molecule has 24 heavy (non-hydrogen) atoms. The number of nitrogens with zero attached hydrogens (tertiary/aromatic N) is 3. The normalized spacial score (nSPS) is 14.0. The smallest absolute Gasteiger partial charge is 0.234 e. The van der Waals surface area contributed by atoms with Crippen molar-refractivity contribution in [2.24, 2.45) is 0 Å². The number of benzene rings is 1. The minimum Gasteiger partial charge on any atom is -0.356 e. The number of halogens is 2. The van der Waals surface area contributed by atoms with Crippen molar-refractivity contribution in [1.29, 1.82) is 0 Å². The molecule has 3 rings (SSSR count). The summed E-state index contributed by atoms with van der Waals surface area (Å²) in [4.78, 5) is 22.5. The van der Waals surface area contributed by atoms with Gasteiger partial charge in [-0.2, -0.15) is 0 Å². The van der Waals surface area contributed by atoms with Crippen molar-refractivity contribution in [1.82, 2.24) is 9.97 Å². The molecule has 1 N–H and O–H groups in total. The molecule has 0 aliphatic carbocycles. The average Bonchev–Trinajstić information content (AvgIpc) is 3.11. The summed E-state index contributed by atoms with van der Waals surface area (Å²) in [6, 6.07) is 5.11. The van der Waals surface area contributed by atoms with Crippen LogP contribution in [0.1, 0.15) is 12.8 Å². The number of rotatable bonds is 5. The van der Waals surface area contributed by atoms with Crippen LogP contribution in [0.2, 0.25) is 0 Å². The Morgan fingerprint density at radius 3 is 2.71 bits per heavy atom. The molecule has 1 aliphatic rings. The lowest BCUT2D eigenvalue weighted by atomic mass is 10.3. The van der Waals surface area contributed by atoms with Crippen LogP contribution in [0.25, 0.3) is 0 Å². The number of aromatic nitrogens is 2. The third kappa shape index (κ3) is 4.19. The fourth-order valence-electron chi connectivity index (χ4n) is 2.44. The maximum Gasteiger partial charge on any atom is 0.234 e. The van der Waals surface area contributed by atoms with Crippen molar-refractivity contribution in [2.45, 2.75) is 17.9 Å². The molecule has 5 nitrogen and oxygen atoms in total. The van der Waals surface area contributed by atoms with Crippen molar-refractivity contribution >= 4 is 29.2 Å². The van der Waals surface area contributed by atoms with E-state index in [1.807, 2.05) is 6.07 Å². The molecule has 0 spiro atoms. The highest BCUT2D eigenvalue weighted by Gasteiger charge is 2.14. The number of carbonyl (C=O) groups excluding carboxylic acids is 1. The van der Waals surface area contributed by atoms with E-state index in [1.165, 1.54) is 24.2 Å². The first-order valence-electron chi connectivity index (χ1n) is 7.56. The summed E-state index contributed by atoms with van der Waals surface area (Å²) < 4.78 is 26.0. The summed E-state index contributed by atoms with van der Waals surface area (Å²) in [6.07, 6.45) is 3.80. The maximum atomic E-state index is 13.1. The fourth-order valence-corrected chi connectivity index (χ4v) is 3.10. The molecule has 1 saturated heterocycles. The minimum absolute atomic E-state index is 0.120. The zero-order valence-corrected chi connectivity index (χ0v) is 13.7. The summed E-state index contributed by atoms with van der Waals surface area (Å²) in [5.74, 6) is -1.27. The first-order valence-corrected chi connectivity index (χ1v) is 8.55. The Morgan fingerprint density at radius 2 is 1.96 bits per heavy atom. The minimum atomic E-state index is -0.994. The second-order valence-electron chi connectivity index (χ2n) is 5.37. The van der Waals surface area contributed by atoms with Crippen LogP contribution in [0.5, 0.6) is 0 Å². The van der Waals surface area contributed by atoms with Crippen LogP contribution in [0, 0.1) is 11.6 Å². The predicted octanol–water partition coefficient (Wildman–Crippen LogP) is 3.09. The number of carbonyl (C=O) groups is 1. The zero-order chi connectivity index (χ0) is 16.9. The van der Waals surface area contributed by atoms with E-state index < -0.39 is 11.6 Å². The third-order valence-electron chi connectivity index (χ3n) is 3.61. The van der Waals surface area contributed by atoms with Crippen molar-refractivity contribution in [2.75, 3.05) is 29.1 Å². The molecule has 1 aromatic carbocycles. The van der Waals surface area contributed by atoms with Crippen molar-refractivity contribution in [3.63, 3.8) is 0 Å². The molecule has 1 aromatic heterocycles. The van der Waals surface area contributed by atoms with E-state index in [0.717, 1.165) is 43.9 Å². The highest BCUT2D eigenvalue weighted by molar-refractivity contribution is 7.99. The van der Waals surface area contributed by atoms with Crippen molar-refractivity contribution < 1.29 is 13.6 Å². The molecule has 0 unspecified atom stereocenters. The lowest BCUT2D eigenvalue weighted by Gasteiger charge is -2.16. The fraction of sp³-hybridized carbons (Fsp3) is 0.312. The molecule has 1 amide bonds. The van der Waals surface area contributed by atoms with Gasteiger partial charge in [-0.1, -0.05) is 11.8 Å². The van der Waals surface area contributed by atoms with Crippen LogP contribution >= 0.6 is 11.8 Å². The number of thioether (sulfide) groups is 1. The first kappa shape index (κ1) is 16.6. The van der Waals surface area contributed by atoms with Gasteiger partial charge in [0.2, 0.25) is 5.91 Å². The van der Waals surface area contributed by atoms with E-state index in [4.69, 9.17) is 0 Å². The highest BCUT2D eigenvalue weighted by atomic mass is 32.2. The van der Waals surface area contributed by atoms with Gasteiger partial charge < -0.3 is 10.2 Å². The molecule has 0 radical (unpaired) electrons. The Balaban J connectivity index is 1.55. The van der Waals surface area contributed by atoms with Gasteiger partial charge in [0.25, 0.3) is 0 Å². The second kappa shape index (κ2) is 7.57. The molecule has 0 atom stereocenters. The monoisotopic (exact) mass is 350 g/mol. The Kier molecular flexibility index (Phi) is 5.24. The third-order valence-corrected chi connectivity index (χ3v) is 4.54. The molecule has 2 aromatic rings. The highest BCUT2D eigenvalue weighted by Crippen LogP contribution is 2.22. The molecule has 1 aliphatic heterocycles. The molecular weight excluding hydrogens is 334 g/mol. The van der Waals surface area contributed by atoms with E-state index in [2.05, 4.69) is 20.2 Å². The van der Waals surface area contributed by atoms with Gasteiger partial charge in [-0.15, -0.1) is 0 Å². The van der Waals surface area contributed by atoms with E-state index in [9.17, 15) is 13.6 Å². The largest absolute Gasteiger partial charge is 0.356 e. The number of anilines is 2. The van der Waals surface area contributed by atoms with Crippen LogP contribution in [-0.2, 0) is 4.79 Å². The number of nitrogens with one attached hydrogen (secondary N) is 1. The lowest BCUT2D eigenvalue weighted by molar-refractivity contribution is -0.113. The van der Waals surface area contributed by atoms with Crippen LogP contribution in [0.3, 0.4) is 0 Å². The molecule has 1 fully saturated rings. The topological polar surface area (TPSA) is 58.1 Å². The van der Waals surface area contributed by atoms with Gasteiger partial charge in [-0.25, -0.2) is 18.7 Å². The lowest BCUT2D eigenvalue weighted by Crippen LogP contribution is -2.19. The van der Waals surface area contributed by atoms with Gasteiger partial charge >= 0.3 is 0 Å². The summed E-state index contributed by atoms with van der Waals surface area (Å²) in [5.41, 5.74) is 0.222. The van der Waals surface area contributed by atoms with E-state index >= 15 is 0 Å². The van der Waals surface area contributed by atoms with Crippen molar-refractivity contribution in [3.05, 3.63) is 42.2 Å². The van der Waals surface area contributed by atoms with E-state index in [1.54, 1.807) is 0 Å². The molecule has 0 saturated carbocycles. The Bertz CT molecular complexity index is 738. The van der Waals surface area contributed by atoms with Gasteiger partial charge in [-0.3, -0.25) is 4.79 Å². The van der Waals surface area contributed by atoms with Crippen LogP contribution in [0.4, 0.5) is 20.3 Å². The summed E-state index contributed by atoms with van der Waals surface area (Å²) in [7, 11) is 0. The number of amides is 1. The standard InChI is InChI=1S/C16H16F2N4OS/c17-12-4-3-11(7-13(12)18)21-15(23)9-24-16-8-14(19-10-20-16)22-5-1-2-6-22/h3-4,7-8,10H,1-2,5-6,9H2,(H,21,23). The Labute approximate surface area is 142 Å².